The zero-order chi connectivity index (χ0) is 20.1. The average molecular weight is 415 g/mol. The maximum Gasteiger partial charge on any atom is 0.246 e. The van der Waals surface area contributed by atoms with Gasteiger partial charge in [0.05, 0.1) is 13.2 Å². The maximum absolute atomic E-state index is 13.1. The SMILES string of the molecule is O=C(/C=C/c1ccc(-c2ccc(F)cc2)s1)N1CCC(CN2CCOCC2)CC1. The van der Waals surface area contributed by atoms with E-state index in [9.17, 15) is 9.18 Å². The fourth-order valence-corrected chi connectivity index (χ4v) is 4.87. The second-order valence-corrected chi connectivity index (χ2v) is 8.84. The maximum atomic E-state index is 13.1. The lowest BCUT2D eigenvalue weighted by Gasteiger charge is -2.35. The Kier molecular flexibility index (Phi) is 6.74. The van der Waals surface area contributed by atoms with Crippen molar-refractivity contribution < 1.29 is 13.9 Å². The molecule has 29 heavy (non-hydrogen) atoms. The van der Waals surface area contributed by atoms with Crippen LogP contribution in [-0.4, -0.2) is 61.6 Å². The van der Waals surface area contributed by atoms with Crippen LogP contribution < -0.4 is 0 Å². The average Bonchev–Trinajstić information content (AvgIpc) is 3.23. The first kappa shape index (κ1) is 20.3. The van der Waals surface area contributed by atoms with E-state index in [4.69, 9.17) is 4.74 Å². The molecule has 2 saturated heterocycles. The standard InChI is InChI=1S/C23H27FN2O2S/c24-20-3-1-19(2-4-20)22-7-5-21(29-22)6-8-23(27)26-11-9-18(10-12-26)17-25-13-15-28-16-14-25/h1-8,18H,9-17H2/b8-6+. The molecule has 2 aliphatic heterocycles. The summed E-state index contributed by atoms with van der Waals surface area (Å²) >= 11 is 1.60. The molecule has 1 aromatic heterocycles. The third-order valence-corrected chi connectivity index (χ3v) is 6.79. The quantitative estimate of drug-likeness (QED) is 0.690. The smallest absolute Gasteiger partial charge is 0.246 e. The topological polar surface area (TPSA) is 32.8 Å². The zero-order valence-corrected chi connectivity index (χ0v) is 17.4. The molecular weight excluding hydrogens is 387 g/mol. The number of benzene rings is 1. The number of piperidine rings is 1. The predicted molar refractivity (Wildman–Crippen MR) is 115 cm³/mol. The van der Waals surface area contributed by atoms with Gasteiger partial charge < -0.3 is 9.64 Å². The highest BCUT2D eigenvalue weighted by atomic mass is 32.1. The van der Waals surface area contributed by atoms with Crippen molar-refractivity contribution in [2.24, 2.45) is 5.92 Å². The second-order valence-electron chi connectivity index (χ2n) is 7.72. The van der Waals surface area contributed by atoms with Gasteiger partial charge in [0.25, 0.3) is 0 Å². The van der Waals surface area contributed by atoms with Crippen molar-refractivity contribution >= 4 is 23.3 Å². The van der Waals surface area contributed by atoms with Crippen LogP contribution in [0.5, 0.6) is 0 Å². The first-order chi connectivity index (χ1) is 14.2. The van der Waals surface area contributed by atoms with Gasteiger partial charge in [-0.3, -0.25) is 9.69 Å². The van der Waals surface area contributed by atoms with E-state index in [1.807, 2.05) is 23.1 Å². The zero-order valence-electron chi connectivity index (χ0n) is 16.6. The summed E-state index contributed by atoms with van der Waals surface area (Å²) in [5, 5.41) is 0. The molecule has 0 saturated carbocycles. The van der Waals surface area contributed by atoms with Crippen molar-refractivity contribution in [2.45, 2.75) is 12.8 Å². The Morgan fingerprint density at radius 3 is 2.52 bits per heavy atom. The van der Waals surface area contributed by atoms with Gasteiger partial charge in [0.15, 0.2) is 0 Å². The van der Waals surface area contributed by atoms with Crippen LogP contribution in [0.2, 0.25) is 0 Å². The Bertz CT molecular complexity index is 835. The molecule has 2 aromatic rings. The first-order valence-corrected chi connectivity index (χ1v) is 11.1. The molecule has 0 radical (unpaired) electrons. The molecule has 0 bridgehead atoms. The summed E-state index contributed by atoms with van der Waals surface area (Å²) in [6, 6.07) is 10.5. The molecule has 0 unspecified atom stereocenters. The van der Waals surface area contributed by atoms with Gasteiger partial charge in [0.1, 0.15) is 5.82 Å². The van der Waals surface area contributed by atoms with E-state index in [1.54, 1.807) is 29.5 Å². The highest BCUT2D eigenvalue weighted by Gasteiger charge is 2.24. The summed E-state index contributed by atoms with van der Waals surface area (Å²) in [5.41, 5.74) is 0.990. The number of morpholine rings is 1. The van der Waals surface area contributed by atoms with Crippen LogP contribution in [-0.2, 0) is 9.53 Å². The van der Waals surface area contributed by atoms with Crippen LogP contribution >= 0.6 is 11.3 Å². The third-order valence-electron chi connectivity index (χ3n) is 5.69. The molecule has 1 amide bonds. The van der Waals surface area contributed by atoms with Gasteiger partial charge in [-0.2, -0.15) is 0 Å². The van der Waals surface area contributed by atoms with Crippen molar-refractivity contribution in [2.75, 3.05) is 45.9 Å². The molecule has 1 aromatic carbocycles. The Morgan fingerprint density at radius 1 is 1.07 bits per heavy atom. The van der Waals surface area contributed by atoms with Crippen LogP contribution in [0.15, 0.2) is 42.5 Å². The molecule has 0 N–H and O–H groups in total. The Balaban J connectivity index is 1.26. The summed E-state index contributed by atoms with van der Waals surface area (Å²) in [6.07, 6.45) is 5.72. The third kappa shape index (κ3) is 5.53. The number of hydrogen-bond acceptors (Lipinski definition) is 4. The lowest BCUT2D eigenvalue weighted by molar-refractivity contribution is -0.127. The van der Waals surface area contributed by atoms with Crippen molar-refractivity contribution in [3.63, 3.8) is 0 Å². The monoisotopic (exact) mass is 414 g/mol. The molecule has 2 aliphatic rings. The number of thiophene rings is 1. The van der Waals surface area contributed by atoms with E-state index in [1.165, 1.54) is 12.1 Å². The molecule has 6 heteroatoms. The van der Waals surface area contributed by atoms with E-state index in [-0.39, 0.29) is 11.7 Å². The van der Waals surface area contributed by atoms with E-state index in [0.717, 1.165) is 74.1 Å². The number of carbonyl (C=O) groups excluding carboxylic acids is 1. The number of likely N-dealkylation sites (tertiary alicyclic amines) is 1. The fourth-order valence-electron chi connectivity index (χ4n) is 3.96. The van der Waals surface area contributed by atoms with E-state index >= 15 is 0 Å². The number of ether oxygens (including phenoxy) is 1. The van der Waals surface area contributed by atoms with Crippen molar-refractivity contribution in [3.05, 3.63) is 53.2 Å². The number of rotatable bonds is 5. The number of hydrogen-bond donors (Lipinski definition) is 0. The second kappa shape index (κ2) is 9.65. The summed E-state index contributed by atoms with van der Waals surface area (Å²) < 4.78 is 18.5. The molecule has 4 rings (SSSR count). The van der Waals surface area contributed by atoms with Crippen molar-refractivity contribution in [1.82, 2.24) is 9.80 Å². The number of nitrogens with zero attached hydrogens (tertiary/aromatic N) is 2. The van der Waals surface area contributed by atoms with Gasteiger partial charge in [-0.25, -0.2) is 4.39 Å². The summed E-state index contributed by atoms with van der Waals surface area (Å²) in [6.45, 7) is 6.54. The summed E-state index contributed by atoms with van der Waals surface area (Å²) in [7, 11) is 0. The Hall–Kier alpha value is -2.02. The van der Waals surface area contributed by atoms with Crippen LogP contribution in [0.3, 0.4) is 0 Å². The fraction of sp³-hybridized carbons (Fsp3) is 0.435. The molecule has 2 fully saturated rings. The van der Waals surface area contributed by atoms with E-state index < -0.39 is 0 Å². The summed E-state index contributed by atoms with van der Waals surface area (Å²) in [4.78, 5) is 19.1. The van der Waals surface area contributed by atoms with Crippen LogP contribution in [0.25, 0.3) is 16.5 Å². The lowest BCUT2D eigenvalue weighted by atomic mass is 9.96. The minimum Gasteiger partial charge on any atom is -0.379 e. The van der Waals surface area contributed by atoms with Crippen LogP contribution in [0.1, 0.15) is 17.7 Å². The predicted octanol–water partition coefficient (Wildman–Crippen LogP) is 4.14. The lowest BCUT2D eigenvalue weighted by Crippen LogP contribution is -2.43. The number of carbonyl (C=O) groups is 1. The minimum atomic E-state index is -0.232. The number of amides is 1. The molecule has 154 valence electrons. The highest BCUT2D eigenvalue weighted by molar-refractivity contribution is 7.16. The van der Waals surface area contributed by atoms with Gasteiger partial charge in [-0.05, 0) is 54.7 Å². The van der Waals surface area contributed by atoms with Crippen LogP contribution in [0.4, 0.5) is 4.39 Å². The van der Waals surface area contributed by atoms with Gasteiger partial charge in [-0.15, -0.1) is 11.3 Å². The summed E-state index contributed by atoms with van der Waals surface area (Å²) in [5.74, 6) is 0.535. The largest absolute Gasteiger partial charge is 0.379 e. The first-order valence-electron chi connectivity index (χ1n) is 10.3. The normalized spacial score (nSPS) is 19.1. The molecule has 0 aliphatic carbocycles. The van der Waals surface area contributed by atoms with Crippen molar-refractivity contribution in [1.29, 1.82) is 0 Å². The van der Waals surface area contributed by atoms with Gasteiger partial charge >= 0.3 is 0 Å². The molecule has 0 spiro atoms. The van der Waals surface area contributed by atoms with Crippen molar-refractivity contribution in [3.8, 4) is 10.4 Å². The molecule has 0 atom stereocenters. The van der Waals surface area contributed by atoms with Gasteiger partial charge in [-0.1, -0.05) is 12.1 Å². The molecular formula is C23H27FN2O2S. The minimum absolute atomic E-state index is 0.0894. The molecule has 4 nitrogen and oxygen atoms in total. The van der Waals surface area contributed by atoms with Gasteiger partial charge in [0.2, 0.25) is 5.91 Å². The van der Waals surface area contributed by atoms with E-state index in [0.29, 0.717) is 5.92 Å². The van der Waals surface area contributed by atoms with E-state index in [2.05, 4.69) is 4.90 Å². The van der Waals surface area contributed by atoms with Crippen LogP contribution in [0, 0.1) is 11.7 Å². The number of halogens is 1. The Labute approximate surface area is 175 Å². The van der Waals surface area contributed by atoms with Gasteiger partial charge in [0, 0.05) is 48.6 Å². The Morgan fingerprint density at radius 2 is 1.79 bits per heavy atom. The highest BCUT2D eigenvalue weighted by Crippen LogP contribution is 2.29. The molecule has 3 heterocycles.